The molecule has 0 aliphatic heterocycles. The summed E-state index contributed by atoms with van der Waals surface area (Å²) in [6.45, 7) is 2.21. The molecule has 0 aromatic carbocycles. The quantitative estimate of drug-likeness (QED) is 0.846. The fourth-order valence-electron chi connectivity index (χ4n) is 2.77. The van der Waals surface area contributed by atoms with Crippen molar-refractivity contribution >= 4 is 0 Å². The summed E-state index contributed by atoms with van der Waals surface area (Å²) >= 11 is 0. The minimum atomic E-state index is 0.273. The van der Waals surface area contributed by atoms with Crippen molar-refractivity contribution in [3.63, 3.8) is 0 Å². The van der Waals surface area contributed by atoms with E-state index in [9.17, 15) is 0 Å². The molecule has 0 radical (unpaired) electrons. The Kier molecular flexibility index (Phi) is 3.94. The Morgan fingerprint density at radius 3 is 2.62 bits per heavy atom. The van der Waals surface area contributed by atoms with E-state index in [0.717, 1.165) is 5.69 Å². The Balaban J connectivity index is 2.00. The monoisotopic (exact) mass is 218 g/mol. The fraction of sp³-hybridized carbons (Fsp3) is 0.643. The number of nitrogens with two attached hydrogens (primary N) is 1. The number of aromatic nitrogens is 1. The van der Waals surface area contributed by atoms with Crippen LogP contribution in [0, 0.1) is 5.92 Å². The zero-order valence-corrected chi connectivity index (χ0v) is 10.1. The van der Waals surface area contributed by atoms with Gasteiger partial charge in [0.25, 0.3) is 0 Å². The molecular weight excluding hydrogens is 196 g/mol. The van der Waals surface area contributed by atoms with Crippen molar-refractivity contribution in [1.29, 1.82) is 0 Å². The maximum atomic E-state index is 6.38. The average molecular weight is 218 g/mol. The molecule has 1 fully saturated rings. The van der Waals surface area contributed by atoms with Gasteiger partial charge < -0.3 is 5.73 Å². The smallest absolute Gasteiger partial charge is 0.0447 e. The third kappa shape index (κ3) is 2.62. The van der Waals surface area contributed by atoms with E-state index in [1.54, 1.807) is 0 Å². The Morgan fingerprint density at radius 2 is 2.00 bits per heavy atom. The van der Waals surface area contributed by atoms with Gasteiger partial charge >= 0.3 is 0 Å². The lowest BCUT2D eigenvalue weighted by Crippen LogP contribution is -2.36. The standard InChI is InChI=1S/C14H22N2/c1-11(13-9-5-6-10-16-13)14(15)12-7-3-2-4-8-12/h5-6,9-12,14H,2-4,7-8,15H2,1H3. The van der Waals surface area contributed by atoms with E-state index in [0.29, 0.717) is 11.8 Å². The van der Waals surface area contributed by atoms with E-state index < -0.39 is 0 Å². The summed E-state index contributed by atoms with van der Waals surface area (Å²) in [5.74, 6) is 1.08. The van der Waals surface area contributed by atoms with Gasteiger partial charge in [0.05, 0.1) is 0 Å². The summed E-state index contributed by atoms with van der Waals surface area (Å²) in [5, 5.41) is 0. The number of hydrogen-bond donors (Lipinski definition) is 1. The van der Waals surface area contributed by atoms with Crippen LogP contribution in [-0.2, 0) is 0 Å². The molecule has 2 atom stereocenters. The molecule has 16 heavy (non-hydrogen) atoms. The van der Waals surface area contributed by atoms with E-state index in [1.807, 2.05) is 18.3 Å². The molecule has 1 aliphatic carbocycles. The lowest BCUT2D eigenvalue weighted by Gasteiger charge is -2.31. The predicted molar refractivity (Wildman–Crippen MR) is 67.2 cm³/mol. The first-order valence-electron chi connectivity index (χ1n) is 6.45. The topological polar surface area (TPSA) is 38.9 Å². The van der Waals surface area contributed by atoms with Gasteiger partial charge in [0, 0.05) is 23.9 Å². The average Bonchev–Trinajstić information content (AvgIpc) is 2.39. The Labute approximate surface area is 98.3 Å². The minimum Gasteiger partial charge on any atom is -0.327 e. The van der Waals surface area contributed by atoms with Crippen LogP contribution in [0.4, 0.5) is 0 Å². The molecule has 0 bridgehead atoms. The SMILES string of the molecule is CC(c1ccccn1)C(N)C1CCCCC1. The van der Waals surface area contributed by atoms with Crippen LogP contribution < -0.4 is 5.73 Å². The van der Waals surface area contributed by atoms with E-state index >= 15 is 0 Å². The first-order chi connectivity index (χ1) is 7.79. The Hall–Kier alpha value is -0.890. The molecule has 0 amide bonds. The van der Waals surface area contributed by atoms with Crippen molar-refractivity contribution in [1.82, 2.24) is 4.98 Å². The molecule has 1 heterocycles. The molecule has 2 rings (SSSR count). The molecule has 1 saturated carbocycles. The van der Waals surface area contributed by atoms with Gasteiger partial charge in [0.1, 0.15) is 0 Å². The van der Waals surface area contributed by atoms with E-state index in [2.05, 4.69) is 18.0 Å². The van der Waals surface area contributed by atoms with Crippen molar-refractivity contribution in [2.45, 2.75) is 51.0 Å². The molecule has 2 nitrogen and oxygen atoms in total. The van der Waals surface area contributed by atoms with Gasteiger partial charge in [-0.2, -0.15) is 0 Å². The van der Waals surface area contributed by atoms with Crippen molar-refractivity contribution in [2.24, 2.45) is 11.7 Å². The van der Waals surface area contributed by atoms with E-state index in [4.69, 9.17) is 5.73 Å². The fourth-order valence-corrected chi connectivity index (χ4v) is 2.77. The molecule has 2 heteroatoms. The molecule has 0 saturated heterocycles. The first-order valence-corrected chi connectivity index (χ1v) is 6.45. The molecule has 0 spiro atoms. The van der Waals surface area contributed by atoms with E-state index in [-0.39, 0.29) is 6.04 Å². The lowest BCUT2D eigenvalue weighted by atomic mass is 9.78. The molecule has 1 aromatic heterocycles. The number of hydrogen-bond acceptors (Lipinski definition) is 2. The van der Waals surface area contributed by atoms with Crippen molar-refractivity contribution in [2.75, 3.05) is 0 Å². The van der Waals surface area contributed by atoms with Gasteiger partial charge in [-0.25, -0.2) is 0 Å². The first kappa shape index (κ1) is 11.6. The maximum Gasteiger partial charge on any atom is 0.0447 e. The largest absolute Gasteiger partial charge is 0.327 e. The lowest BCUT2D eigenvalue weighted by molar-refractivity contribution is 0.281. The second-order valence-electron chi connectivity index (χ2n) is 5.02. The van der Waals surface area contributed by atoms with Gasteiger partial charge in [-0.1, -0.05) is 32.3 Å². The number of pyridine rings is 1. The van der Waals surface area contributed by atoms with Crippen LogP contribution in [0.1, 0.15) is 50.6 Å². The second-order valence-corrected chi connectivity index (χ2v) is 5.02. The highest BCUT2D eigenvalue weighted by Gasteiger charge is 2.26. The summed E-state index contributed by atoms with van der Waals surface area (Å²) in [6, 6.07) is 6.37. The van der Waals surface area contributed by atoms with Crippen LogP contribution >= 0.6 is 0 Å². The second kappa shape index (κ2) is 5.44. The third-order valence-electron chi connectivity index (χ3n) is 3.93. The van der Waals surface area contributed by atoms with Gasteiger partial charge in [0.15, 0.2) is 0 Å². The maximum absolute atomic E-state index is 6.38. The molecule has 1 aromatic rings. The van der Waals surface area contributed by atoms with Gasteiger partial charge in [-0.15, -0.1) is 0 Å². The van der Waals surface area contributed by atoms with Crippen molar-refractivity contribution < 1.29 is 0 Å². The normalized spacial score (nSPS) is 21.6. The molecule has 88 valence electrons. The van der Waals surface area contributed by atoms with Crippen LogP contribution in [0.2, 0.25) is 0 Å². The van der Waals surface area contributed by atoms with Gasteiger partial charge in [-0.05, 0) is 30.9 Å². The summed E-state index contributed by atoms with van der Waals surface area (Å²) < 4.78 is 0. The number of rotatable bonds is 3. The van der Waals surface area contributed by atoms with Crippen LogP contribution in [-0.4, -0.2) is 11.0 Å². The van der Waals surface area contributed by atoms with Crippen LogP contribution in [0.15, 0.2) is 24.4 Å². The van der Waals surface area contributed by atoms with Crippen molar-refractivity contribution in [3.8, 4) is 0 Å². The molecule has 2 N–H and O–H groups in total. The third-order valence-corrected chi connectivity index (χ3v) is 3.93. The highest BCUT2D eigenvalue weighted by atomic mass is 14.7. The highest BCUT2D eigenvalue weighted by Crippen LogP contribution is 2.31. The minimum absolute atomic E-state index is 0.273. The Morgan fingerprint density at radius 1 is 1.25 bits per heavy atom. The van der Waals surface area contributed by atoms with Crippen LogP contribution in [0.3, 0.4) is 0 Å². The molecule has 1 aliphatic rings. The predicted octanol–water partition coefficient (Wildman–Crippen LogP) is 3.09. The van der Waals surface area contributed by atoms with Crippen molar-refractivity contribution in [3.05, 3.63) is 30.1 Å². The highest BCUT2D eigenvalue weighted by molar-refractivity contribution is 5.11. The zero-order valence-electron chi connectivity index (χ0n) is 10.1. The number of nitrogens with zero attached hydrogens (tertiary/aromatic N) is 1. The van der Waals surface area contributed by atoms with Crippen LogP contribution in [0.5, 0.6) is 0 Å². The zero-order chi connectivity index (χ0) is 11.4. The molecular formula is C14H22N2. The Bertz CT molecular complexity index is 304. The van der Waals surface area contributed by atoms with Gasteiger partial charge in [0.2, 0.25) is 0 Å². The van der Waals surface area contributed by atoms with Gasteiger partial charge in [-0.3, -0.25) is 4.98 Å². The summed E-state index contributed by atoms with van der Waals surface area (Å²) in [7, 11) is 0. The van der Waals surface area contributed by atoms with Crippen LogP contribution in [0.25, 0.3) is 0 Å². The summed E-state index contributed by atoms with van der Waals surface area (Å²) in [5.41, 5.74) is 7.52. The summed E-state index contributed by atoms with van der Waals surface area (Å²) in [6.07, 6.45) is 8.57. The van der Waals surface area contributed by atoms with E-state index in [1.165, 1.54) is 32.1 Å². The summed E-state index contributed by atoms with van der Waals surface area (Å²) in [4.78, 5) is 4.41. The molecule has 2 unspecified atom stereocenters.